The fourth-order valence-electron chi connectivity index (χ4n) is 3.34. The van der Waals surface area contributed by atoms with E-state index in [1.165, 1.54) is 17.8 Å². The van der Waals surface area contributed by atoms with Gasteiger partial charge in [0.2, 0.25) is 11.7 Å². The molecule has 1 aliphatic heterocycles. The molecule has 10 nitrogen and oxygen atoms in total. The second-order valence-electron chi connectivity index (χ2n) is 7.09. The average molecular weight is 431 g/mol. The van der Waals surface area contributed by atoms with E-state index in [4.69, 9.17) is 4.99 Å². The highest BCUT2D eigenvalue weighted by atomic mass is 16.4. The van der Waals surface area contributed by atoms with E-state index < -0.39 is 5.97 Å². The lowest BCUT2D eigenvalue weighted by Gasteiger charge is -2.10. The third kappa shape index (κ3) is 3.97. The third-order valence-electron chi connectivity index (χ3n) is 4.71. The van der Waals surface area contributed by atoms with Gasteiger partial charge in [0.05, 0.1) is 22.6 Å². The van der Waals surface area contributed by atoms with Gasteiger partial charge >= 0.3 is 5.97 Å². The van der Waals surface area contributed by atoms with Crippen LogP contribution in [-0.4, -0.2) is 49.8 Å². The topological polar surface area (TPSA) is 134 Å². The number of carbonyl (C=O) groups excluding carboxylic acids is 1. The summed E-state index contributed by atoms with van der Waals surface area (Å²) in [5.41, 5.74) is 3.52. The van der Waals surface area contributed by atoms with Crippen molar-refractivity contribution in [2.24, 2.45) is 10.1 Å². The molecule has 0 saturated carbocycles. The molecule has 1 amide bonds. The van der Waals surface area contributed by atoms with Gasteiger partial charge in [-0.05, 0) is 38.1 Å². The maximum Gasteiger partial charge on any atom is 0.336 e. The molecule has 2 heterocycles. The zero-order valence-corrected chi connectivity index (χ0v) is 17.7. The molecule has 0 radical (unpaired) electrons. The summed E-state index contributed by atoms with van der Waals surface area (Å²) in [7, 11) is 0. The van der Waals surface area contributed by atoms with E-state index in [0.717, 1.165) is 12.2 Å². The molecule has 0 spiro atoms. The molecule has 0 saturated heterocycles. The van der Waals surface area contributed by atoms with Gasteiger partial charge in [0, 0.05) is 24.7 Å². The van der Waals surface area contributed by atoms with E-state index in [1.807, 2.05) is 19.1 Å². The molecule has 0 fully saturated rings. The Balaban J connectivity index is 1.78. The Morgan fingerprint density at radius 2 is 1.97 bits per heavy atom. The number of anilines is 2. The molecule has 4 rings (SSSR count). The maximum absolute atomic E-state index is 11.7. The second-order valence-corrected chi connectivity index (χ2v) is 7.09. The van der Waals surface area contributed by atoms with Gasteiger partial charge in [-0.25, -0.2) is 14.8 Å². The van der Waals surface area contributed by atoms with Crippen LogP contribution in [0.1, 0.15) is 37.0 Å². The lowest BCUT2D eigenvalue weighted by molar-refractivity contribution is -0.114. The monoisotopic (exact) mass is 431 g/mol. The molecule has 2 aromatic carbocycles. The number of carbonyl (C=O) groups is 2. The Hall–Kier alpha value is -4.34. The summed E-state index contributed by atoms with van der Waals surface area (Å²) in [5.74, 6) is -0.647. The number of aliphatic imine (C=N–C) groups is 1. The van der Waals surface area contributed by atoms with Crippen LogP contribution in [0.3, 0.4) is 0 Å². The van der Waals surface area contributed by atoms with Gasteiger partial charge in [0.25, 0.3) is 0 Å². The van der Waals surface area contributed by atoms with Gasteiger partial charge in [-0.1, -0.05) is 18.2 Å². The SMILES string of the molecule is CCNc1ccc(N=C2C(C)=Nn3nc(-c4ccccc4C(=O)O)nc32)c(NC(C)=O)c1. The number of amides is 1. The minimum atomic E-state index is -1.06. The zero-order chi connectivity index (χ0) is 22.8. The van der Waals surface area contributed by atoms with Gasteiger partial charge in [-0.3, -0.25) is 4.79 Å². The van der Waals surface area contributed by atoms with Crippen LogP contribution in [0.25, 0.3) is 11.4 Å². The Morgan fingerprint density at radius 3 is 2.69 bits per heavy atom. The quantitative estimate of drug-likeness (QED) is 0.548. The Labute approximate surface area is 183 Å². The number of nitrogens with one attached hydrogen (secondary N) is 2. The Morgan fingerprint density at radius 1 is 1.19 bits per heavy atom. The molecule has 0 atom stereocenters. The van der Waals surface area contributed by atoms with E-state index in [1.54, 1.807) is 31.2 Å². The van der Waals surface area contributed by atoms with Crippen LogP contribution >= 0.6 is 0 Å². The number of nitrogens with zero attached hydrogens (tertiary/aromatic N) is 5. The van der Waals surface area contributed by atoms with Gasteiger partial charge in [-0.15, -0.1) is 9.89 Å². The highest BCUT2D eigenvalue weighted by molar-refractivity contribution is 6.48. The molecule has 1 aliphatic rings. The Kier molecular flexibility index (Phi) is 5.50. The molecule has 32 heavy (non-hydrogen) atoms. The molecule has 0 aliphatic carbocycles. The van der Waals surface area contributed by atoms with Crippen LogP contribution in [0.15, 0.2) is 52.6 Å². The number of hydrogen-bond donors (Lipinski definition) is 3. The van der Waals surface area contributed by atoms with E-state index >= 15 is 0 Å². The summed E-state index contributed by atoms with van der Waals surface area (Å²) in [6.07, 6.45) is 0. The van der Waals surface area contributed by atoms with Crippen molar-refractivity contribution in [3.8, 4) is 11.4 Å². The van der Waals surface area contributed by atoms with Crippen molar-refractivity contribution in [3.05, 3.63) is 53.9 Å². The lowest BCUT2D eigenvalue weighted by Crippen LogP contribution is -2.10. The van der Waals surface area contributed by atoms with Gasteiger partial charge in [0.15, 0.2) is 5.82 Å². The van der Waals surface area contributed by atoms with Gasteiger partial charge < -0.3 is 15.7 Å². The van der Waals surface area contributed by atoms with Crippen molar-refractivity contribution in [2.45, 2.75) is 20.8 Å². The predicted molar refractivity (Wildman–Crippen MR) is 122 cm³/mol. The molecular weight excluding hydrogens is 410 g/mol. The lowest BCUT2D eigenvalue weighted by atomic mass is 10.1. The van der Waals surface area contributed by atoms with Crippen molar-refractivity contribution >= 4 is 40.4 Å². The number of rotatable bonds is 6. The van der Waals surface area contributed by atoms with Crippen LogP contribution in [0.5, 0.6) is 0 Å². The van der Waals surface area contributed by atoms with E-state index in [-0.39, 0.29) is 17.3 Å². The number of carboxylic acid groups (broad SMARTS) is 1. The van der Waals surface area contributed by atoms with E-state index in [0.29, 0.717) is 34.2 Å². The zero-order valence-electron chi connectivity index (χ0n) is 17.7. The van der Waals surface area contributed by atoms with Crippen LogP contribution in [-0.2, 0) is 4.79 Å². The normalized spacial score (nSPS) is 13.6. The van der Waals surface area contributed by atoms with Crippen molar-refractivity contribution in [2.75, 3.05) is 17.2 Å². The number of benzene rings is 2. The van der Waals surface area contributed by atoms with E-state index in [2.05, 4.69) is 25.8 Å². The fraction of sp³-hybridized carbons (Fsp3) is 0.182. The molecule has 1 aromatic heterocycles. The number of aromatic carboxylic acids is 1. The molecule has 3 aromatic rings. The summed E-state index contributed by atoms with van der Waals surface area (Å²) in [5, 5.41) is 24.2. The summed E-state index contributed by atoms with van der Waals surface area (Å²) in [4.78, 5) is 33.8. The first-order valence-corrected chi connectivity index (χ1v) is 9.97. The molecule has 0 bridgehead atoms. The van der Waals surface area contributed by atoms with Crippen LogP contribution in [0.4, 0.5) is 17.1 Å². The number of hydrogen-bond acceptors (Lipinski definition) is 7. The van der Waals surface area contributed by atoms with Crippen LogP contribution in [0.2, 0.25) is 0 Å². The fourth-order valence-corrected chi connectivity index (χ4v) is 3.34. The first kappa shape index (κ1) is 20.9. The van der Waals surface area contributed by atoms with Crippen LogP contribution in [0, 0.1) is 0 Å². The molecule has 0 unspecified atom stereocenters. The third-order valence-corrected chi connectivity index (χ3v) is 4.71. The van der Waals surface area contributed by atoms with Gasteiger partial charge in [0.1, 0.15) is 5.71 Å². The first-order valence-electron chi connectivity index (χ1n) is 9.97. The number of fused-ring (bicyclic) bond motifs is 1. The van der Waals surface area contributed by atoms with E-state index in [9.17, 15) is 14.7 Å². The largest absolute Gasteiger partial charge is 0.478 e. The first-order chi connectivity index (χ1) is 15.4. The highest BCUT2D eigenvalue weighted by Gasteiger charge is 2.26. The second kappa shape index (κ2) is 8.42. The number of aromatic nitrogens is 3. The van der Waals surface area contributed by atoms with Crippen LogP contribution < -0.4 is 10.6 Å². The summed E-state index contributed by atoms with van der Waals surface area (Å²) in [6, 6.07) is 12.0. The maximum atomic E-state index is 11.7. The van der Waals surface area contributed by atoms with Crippen molar-refractivity contribution in [3.63, 3.8) is 0 Å². The minimum Gasteiger partial charge on any atom is -0.478 e. The van der Waals surface area contributed by atoms with Crippen molar-refractivity contribution in [1.82, 2.24) is 14.9 Å². The summed E-state index contributed by atoms with van der Waals surface area (Å²) < 4.78 is 0. The smallest absolute Gasteiger partial charge is 0.336 e. The summed E-state index contributed by atoms with van der Waals surface area (Å²) >= 11 is 0. The standard InChI is InChI=1S/C22H21N7O3/c1-4-23-14-9-10-17(18(11-14)24-13(3)30)25-19-12(2)27-29-21(19)26-20(28-29)15-7-5-6-8-16(15)22(31)32/h5-11,23H,4H2,1-3H3,(H,24,30)(H,31,32). The average Bonchev–Trinajstić information content (AvgIpc) is 3.27. The predicted octanol–water partition coefficient (Wildman–Crippen LogP) is 3.39. The highest BCUT2D eigenvalue weighted by Crippen LogP contribution is 2.30. The molecular formula is C22H21N7O3. The van der Waals surface area contributed by atoms with Gasteiger partial charge in [-0.2, -0.15) is 5.10 Å². The molecule has 162 valence electrons. The van der Waals surface area contributed by atoms with Crippen molar-refractivity contribution in [1.29, 1.82) is 0 Å². The molecule has 10 heteroatoms. The number of carboxylic acids is 1. The molecule has 3 N–H and O–H groups in total. The minimum absolute atomic E-state index is 0.0999. The summed E-state index contributed by atoms with van der Waals surface area (Å²) in [6.45, 7) is 5.94. The van der Waals surface area contributed by atoms with Crippen molar-refractivity contribution < 1.29 is 14.7 Å². The Bertz CT molecular complexity index is 1290.